The van der Waals surface area contributed by atoms with Crippen LogP contribution in [-0.4, -0.2) is 25.0 Å². The Morgan fingerprint density at radius 1 is 1.18 bits per heavy atom. The van der Waals surface area contributed by atoms with Gasteiger partial charge in [0.1, 0.15) is 0 Å². The van der Waals surface area contributed by atoms with Crippen LogP contribution in [0.5, 0.6) is 0 Å². The van der Waals surface area contributed by atoms with Gasteiger partial charge in [-0.1, -0.05) is 20.3 Å². The Morgan fingerprint density at radius 2 is 1.73 bits per heavy atom. The standard InChI is InChI=1S/C10H23N.H2/c1-6-9(2)7-8-10(3)11(4)5;/h9-10H,6-8H2,1-5H3;1H/t9-,10?;/m0./s1. The molecule has 70 valence electrons. The summed E-state index contributed by atoms with van der Waals surface area (Å²) in [5.41, 5.74) is 0. The molecule has 0 N–H and O–H groups in total. The Morgan fingerprint density at radius 3 is 2.09 bits per heavy atom. The quantitative estimate of drug-likeness (QED) is 0.596. The van der Waals surface area contributed by atoms with Gasteiger partial charge in [-0.15, -0.1) is 0 Å². The van der Waals surface area contributed by atoms with Gasteiger partial charge in [0.25, 0.3) is 0 Å². The van der Waals surface area contributed by atoms with Crippen LogP contribution >= 0.6 is 0 Å². The molecule has 0 bridgehead atoms. The molecule has 0 saturated heterocycles. The average Bonchev–Trinajstić information content (AvgIpc) is 1.99. The molecule has 0 spiro atoms. The van der Waals surface area contributed by atoms with E-state index < -0.39 is 0 Å². The van der Waals surface area contributed by atoms with E-state index >= 15 is 0 Å². The van der Waals surface area contributed by atoms with Crippen molar-refractivity contribution in [3.05, 3.63) is 0 Å². The van der Waals surface area contributed by atoms with Gasteiger partial charge in [0.2, 0.25) is 0 Å². The van der Waals surface area contributed by atoms with Crippen LogP contribution < -0.4 is 0 Å². The van der Waals surface area contributed by atoms with E-state index in [-0.39, 0.29) is 1.43 Å². The molecule has 0 aromatic carbocycles. The molecule has 0 fully saturated rings. The van der Waals surface area contributed by atoms with Gasteiger partial charge in [-0.25, -0.2) is 0 Å². The van der Waals surface area contributed by atoms with Crippen molar-refractivity contribution in [2.24, 2.45) is 5.92 Å². The van der Waals surface area contributed by atoms with Crippen LogP contribution in [0.2, 0.25) is 0 Å². The number of hydrogen-bond acceptors (Lipinski definition) is 1. The van der Waals surface area contributed by atoms with E-state index in [9.17, 15) is 0 Å². The van der Waals surface area contributed by atoms with Crippen LogP contribution in [0.25, 0.3) is 0 Å². The summed E-state index contributed by atoms with van der Waals surface area (Å²) in [5.74, 6) is 0.900. The summed E-state index contributed by atoms with van der Waals surface area (Å²) < 4.78 is 0. The van der Waals surface area contributed by atoms with Gasteiger partial charge in [-0.3, -0.25) is 0 Å². The molecule has 0 amide bonds. The highest BCUT2D eigenvalue weighted by Crippen LogP contribution is 2.12. The number of rotatable bonds is 5. The molecule has 0 heterocycles. The van der Waals surface area contributed by atoms with E-state index in [4.69, 9.17) is 0 Å². The summed E-state index contributed by atoms with van der Waals surface area (Å²) in [4.78, 5) is 2.29. The lowest BCUT2D eigenvalue weighted by Gasteiger charge is -2.20. The van der Waals surface area contributed by atoms with E-state index in [0.717, 1.165) is 12.0 Å². The highest BCUT2D eigenvalue weighted by molar-refractivity contribution is 4.61. The zero-order chi connectivity index (χ0) is 8.85. The highest BCUT2D eigenvalue weighted by Gasteiger charge is 2.06. The van der Waals surface area contributed by atoms with Crippen LogP contribution in [0.4, 0.5) is 0 Å². The molecule has 0 aliphatic heterocycles. The van der Waals surface area contributed by atoms with Crippen LogP contribution in [-0.2, 0) is 0 Å². The fourth-order valence-corrected chi connectivity index (χ4v) is 0.988. The molecule has 1 nitrogen and oxygen atoms in total. The van der Waals surface area contributed by atoms with Crippen molar-refractivity contribution in [3.8, 4) is 0 Å². The molecule has 0 aromatic rings. The fraction of sp³-hybridized carbons (Fsp3) is 1.00. The summed E-state index contributed by atoms with van der Waals surface area (Å²) in [6.07, 6.45) is 4.03. The van der Waals surface area contributed by atoms with E-state index in [1.807, 2.05) is 0 Å². The van der Waals surface area contributed by atoms with Gasteiger partial charge in [0.15, 0.2) is 0 Å². The van der Waals surface area contributed by atoms with Crippen molar-refractivity contribution >= 4 is 0 Å². The van der Waals surface area contributed by atoms with Crippen LogP contribution in [0.3, 0.4) is 0 Å². The lowest BCUT2D eigenvalue weighted by atomic mass is 10.00. The third-order valence-electron chi connectivity index (χ3n) is 2.66. The maximum absolute atomic E-state index is 2.34. The normalized spacial score (nSPS) is 16.9. The first-order chi connectivity index (χ1) is 5.07. The van der Waals surface area contributed by atoms with Crippen LogP contribution in [0.15, 0.2) is 0 Å². The predicted octanol–water partition coefficient (Wildman–Crippen LogP) is 3.01. The summed E-state index contributed by atoms with van der Waals surface area (Å²) >= 11 is 0. The molecule has 0 rings (SSSR count). The summed E-state index contributed by atoms with van der Waals surface area (Å²) in [6, 6.07) is 0.740. The zero-order valence-corrected chi connectivity index (χ0v) is 8.72. The monoisotopic (exact) mass is 159 g/mol. The van der Waals surface area contributed by atoms with Crippen LogP contribution in [0.1, 0.15) is 41.5 Å². The molecular weight excluding hydrogens is 134 g/mol. The van der Waals surface area contributed by atoms with E-state index in [1.54, 1.807) is 0 Å². The van der Waals surface area contributed by atoms with Crippen molar-refractivity contribution in [1.29, 1.82) is 0 Å². The van der Waals surface area contributed by atoms with Gasteiger partial charge in [-0.05, 0) is 39.8 Å². The first-order valence-corrected chi connectivity index (χ1v) is 4.74. The minimum atomic E-state index is 0. The van der Waals surface area contributed by atoms with E-state index in [0.29, 0.717) is 0 Å². The molecule has 2 atom stereocenters. The molecule has 1 unspecified atom stereocenters. The average molecular weight is 159 g/mol. The van der Waals surface area contributed by atoms with Gasteiger partial charge in [0, 0.05) is 7.47 Å². The van der Waals surface area contributed by atoms with E-state index in [1.165, 1.54) is 19.3 Å². The topological polar surface area (TPSA) is 3.24 Å². The van der Waals surface area contributed by atoms with Crippen LogP contribution in [0, 0.1) is 5.92 Å². The van der Waals surface area contributed by atoms with Gasteiger partial charge >= 0.3 is 0 Å². The fourth-order valence-electron chi connectivity index (χ4n) is 0.988. The van der Waals surface area contributed by atoms with Crippen molar-refractivity contribution in [1.82, 2.24) is 4.90 Å². The Labute approximate surface area is 73.3 Å². The second-order valence-corrected chi connectivity index (χ2v) is 3.90. The summed E-state index contributed by atoms with van der Waals surface area (Å²) in [7, 11) is 4.31. The molecular formula is C10H25N. The molecule has 11 heavy (non-hydrogen) atoms. The minimum absolute atomic E-state index is 0. The summed E-state index contributed by atoms with van der Waals surface area (Å²) in [6.45, 7) is 6.90. The first-order valence-electron chi connectivity index (χ1n) is 4.74. The largest absolute Gasteiger partial charge is 0.307 e. The minimum Gasteiger partial charge on any atom is -0.307 e. The van der Waals surface area contributed by atoms with Crippen molar-refractivity contribution in [2.75, 3.05) is 14.1 Å². The third-order valence-corrected chi connectivity index (χ3v) is 2.66. The van der Waals surface area contributed by atoms with Gasteiger partial charge in [-0.2, -0.15) is 0 Å². The number of nitrogens with zero attached hydrogens (tertiary/aromatic N) is 1. The maximum atomic E-state index is 2.34. The molecule has 0 aromatic heterocycles. The number of hydrogen-bond donors (Lipinski definition) is 0. The highest BCUT2D eigenvalue weighted by atomic mass is 15.1. The summed E-state index contributed by atoms with van der Waals surface area (Å²) in [5, 5.41) is 0. The Hall–Kier alpha value is -0.0400. The van der Waals surface area contributed by atoms with Gasteiger partial charge < -0.3 is 4.90 Å². The predicted molar refractivity (Wildman–Crippen MR) is 54.0 cm³/mol. The first kappa shape index (κ1) is 11.0. The molecule has 0 saturated carbocycles. The lowest BCUT2D eigenvalue weighted by molar-refractivity contribution is 0.279. The SMILES string of the molecule is CC[C@H](C)CCC(C)N(C)C.[HH]. The Bertz CT molecular complexity index is 93.8. The molecule has 0 radical (unpaired) electrons. The third kappa shape index (κ3) is 5.25. The Kier molecular flexibility index (Phi) is 5.57. The molecule has 0 aliphatic rings. The van der Waals surface area contributed by atoms with Crippen molar-refractivity contribution in [2.45, 2.75) is 46.1 Å². The Balaban J connectivity index is 0. The smallest absolute Gasteiger partial charge is 0.00609 e. The van der Waals surface area contributed by atoms with Crippen molar-refractivity contribution in [3.63, 3.8) is 0 Å². The van der Waals surface area contributed by atoms with E-state index in [2.05, 4.69) is 39.8 Å². The zero-order valence-electron chi connectivity index (χ0n) is 8.72. The second kappa shape index (κ2) is 5.59. The van der Waals surface area contributed by atoms with Gasteiger partial charge in [0.05, 0.1) is 0 Å². The van der Waals surface area contributed by atoms with Crippen molar-refractivity contribution < 1.29 is 1.43 Å². The second-order valence-electron chi connectivity index (χ2n) is 3.90. The lowest BCUT2D eigenvalue weighted by Crippen LogP contribution is -2.24. The molecule has 0 aliphatic carbocycles. The maximum Gasteiger partial charge on any atom is 0.00609 e. The molecule has 1 heteroatoms.